The summed E-state index contributed by atoms with van der Waals surface area (Å²) in [5.74, 6) is -0.555. The van der Waals surface area contributed by atoms with Crippen LogP contribution in [0.25, 0.3) is 17.2 Å². The smallest absolute Gasteiger partial charge is 0.337 e. The van der Waals surface area contributed by atoms with Gasteiger partial charge in [0.1, 0.15) is 0 Å². The molecule has 0 bridgehead atoms. The Morgan fingerprint density at radius 2 is 1.50 bits per heavy atom. The van der Waals surface area contributed by atoms with Crippen molar-refractivity contribution in [2.24, 2.45) is 0 Å². The van der Waals surface area contributed by atoms with Crippen molar-refractivity contribution in [1.29, 1.82) is 0 Å². The van der Waals surface area contributed by atoms with Crippen LogP contribution < -0.4 is 5.32 Å². The van der Waals surface area contributed by atoms with Gasteiger partial charge in [0.15, 0.2) is 0 Å². The van der Waals surface area contributed by atoms with Crippen molar-refractivity contribution in [1.82, 2.24) is 5.32 Å². The first-order chi connectivity index (χ1) is 13.7. The van der Waals surface area contributed by atoms with Crippen molar-refractivity contribution >= 4 is 18.0 Å². The lowest BCUT2D eigenvalue weighted by Crippen LogP contribution is -2.20. The van der Waals surface area contributed by atoms with Gasteiger partial charge in [0.2, 0.25) is 5.91 Å². The molecule has 0 aliphatic heterocycles. The van der Waals surface area contributed by atoms with Crippen molar-refractivity contribution in [3.8, 4) is 11.1 Å². The molecular weight excluding hydrogens is 350 g/mol. The van der Waals surface area contributed by atoms with E-state index in [4.69, 9.17) is 0 Å². The highest BCUT2D eigenvalue weighted by Gasteiger charge is 2.04. The van der Waals surface area contributed by atoms with Crippen LogP contribution in [0.5, 0.6) is 0 Å². The molecule has 0 unspecified atom stereocenters. The fourth-order valence-electron chi connectivity index (χ4n) is 2.71. The summed E-state index contributed by atoms with van der Waals surface area (Å²) in [6.45, 7) is 0.386. The summed E-state index contributed by atoms with van der Waals surface area (Å²) in [7, 11) is 1.35. The van der Waals surface area contributed by atoms with Crippen molar-refractivity contribution in [3.05, 3.63) is 102 Å². The number of amides is 1. The van der Waals surface area contributed by atoms with Crippen molar-refractivity contribution in [2.75, 3.05) is 7.11 Å². The lowest BCUT2D eigenvalue weighted by atomic mass is 10.0. The maximum atomic E-state index is 12.0. The molecule has 4 nitrogen and oxygen atoms in total. The summed E-state index contributed by atoms with van der Waals surface area (Å²) >= 11 is 0. The Bertz CT molecular complexity index is 959. The molecule has 3 aromatic rings. The van der Waals surface area contributed by atoms with Crippen LogP contribution in [0, 0.1) is 0 Å². The molecule has 28 heavy (non-hydrogen) atoms. The molecule has 0 radical (unpaired) electrons. The van der Waals surface area contributed by atoms with E-state index >= 15 is 0 Å². The van der Waals surface area contributed by atoms with Crippen LogP contribution in [0.3, 0.4) is 0 Å². The number of carbonyl (C=O) groups excluding carboxylic acids is 2. The lowest BCUT2D eigenvalue weighted by molar-refractivity contribution is -0.116. The number of ether oxygens (including phenoxy) is 1. The molecule has 0 aliphatic carbocycles. The Morgan fingerprint density at radius 3 is 2.14 bits per heavy atom. The SMILES string of the molecule is COC(=O)c1ccc(CNC(=O)/C=C/c2ccc(-c3ccccc3)cc2)cc1. The number of esters is 1. The summed E-state index contributed by atoms with van der Waals surface area (Å²) in [5.41, 5.74) is 4.64. The highest BCUT2D eigenvalue weighted by Crippen LogP contribution is 2.19. The van der Waals surface area contributed by atoms with Gasteiger partial charge in [-0.05, 0) is 40.5 Å². The zero-order valence-electron chi connectivity index (χ0n) is 15.6. The fourth-order valence-corrected chi connectivity index (χ4v) is 2.71. The second kappa shape index (κ2) is 9.33. The monoisotopic (exact) mass is 371 g/mol. The van der Waals surface area contributed by atoms with Crippen molar-refractivity contribution in [2.45, 2.75) is 6.54 Å². The average Bonchev–Trinajstić information content (AvgIpc) is 2.77. The van der Waals surface area contributed by atoms with Crippen LogP contribution in [0.4, 0.5) is 0 Å². The maximum Gasteiger partial charge on any atom is 0.337 e. The highest BCUT2D eigenvalue weighted by molar-refractivity contribution is 5.92. The van der Waals surface area contributed by atoms with E-state index in [1.807, 2.05) is 42.5 Å². The van der Waals surface area contributed by atoms with Gasteiger partial charge in [-0.25, -0.2) is 4.79 Å². The first kappa shape index (κ1) is 19.1. The Balaban J connectivity index is 1.53. The predicted octanol–water partition coefficient (Wildman–Crippen LogP) is 4.47. The number of hydrogen-bond donors (Lipinski definition) is 1. The number of hydrogen-bond acceptors (Lipinski definition) is 3. The zero-order chi connectivity index (χ0) is 19.8. The number of benzene rings is 3. The molecule has 0 fully saturated rings. The Morgan fingerprint density at radius 1 is 0.857 bits per heavy atom. The Labute approximate surface area is 164 Å². The summed E-state index contributed by atoms with van der Waals surface area (Å²) in [5, 5.41) is 2.83. The summed E-state index contributed by atoms with van der Waals surface area (Å²) in [6, 6.07) is 25.1. The molecular formula is C24H21NO3. The van der Waals surface area contributed by atoms with Gasteiger partial charge in [0, 0.05) is 12.6 Å². The number of methoxy groups -OCH3 is 1. The minimum absolute atomic E-state index is 0.177. The van der Waals surface area contributed by atoms with E-state index in [1.54, 1.807) is 30.3 Å². The first-order valence-corrected chi connectivity index (χ1v) is 8.94. The third-order valence-electron chi connectivity index (χ3n) is 4.29. The van der Waals surface area contributed by atoms with Crippen LogP contribution in [-0.2, 0) is 16.1 Å². The third-order valence-corrected chi connectivity index (χ3v) is 4.29. The highest BCUT2D eigenvalue weighted by atomic mass is 16.5. The van der Waals surface area contributed by atoms with E-state index in [9.17, 15) is 9.59 Å². The lowest BCUT2D eigenvalue weighted by Gasteiger charge is -2.04. The van der Waals surface area contributed by atoms with Gasteiger partial charge in [0.25, 0.3) is 0 Å². The predicted molar refractivity (Wildman–Crippen MR) is 111 cm³/mol. The third kappa shape index (κ3) is 5.17. The van der Waals surface area contributed by atoms with E-state index in [1.165, 1.54) is 13.2 Å². The standard InChI is InChI=1S/C24H21NO3/c1-28-24(27)22-14-9-19(10-15-22)17-25-23(26)16-11-18-7-12-21(13-8-18)20-5-3-2-4-6-20/h2-16H,17H2,1H3,(H,25,26)/b16-11+. The molecule has 0 saturated heterocycles. The van der Waals surface area contributed by atoms with Gasteiger partial charge < -0.3 is 10.1 Å². The van der Waals surface area contributed by atoms with E-state index in [2.05, 4.69) is 22.2 Å². The van der Waals surface area contributed by atoms with Crippen LogP contribution in [0.15, 0.2) is 84.9 Å². The van der Waals surface area contributed by atoms with Crippen LogP contribution in [0.1, 0.15) is 21.5 Å². The molecule has 3 rings (SSSR count). The number of rotatable bonds is 6. The van der Waals surface area contributed by atoms with Gasteiger partial charge in [-0.15, -0.1) is 0 Å². The maximum absolute atomic E-state index is 12.0. The van der Waals surface area contributed by atoms with Gasteiger partial charge in [-0.3, -0.25) is 4.79 Å². The van der Waals surface area contributed by atoms with Gasteiger partial charge in [0.05, 0.1) is 12.7 Å². The molecule has 4 heteroatoms. The molecule has 0 spiro atoms. The van der Waals surface area contributed by atoms with Crippen LogP contribution in [0.2, 0.25) is 0 Å². The molecule has 140 valence electrons. The van der Waals surface area contributed by atoms with Crippen LogP contribution in [-0.4, -0.2) is 19.0 Å². The topological polar surface area (TPSA) is 55.4 Å². The number of carbonyl (C=O) groups is 2. The van der Waals surface area contributed by atoms with E-state index in [0.29, 0.717) is 12.1 Å². The summed E-state index contributed by atoms with van der Waals surface area (Å²) < 4.78 is 4.66. The Hall–Kier alpha value is -3.66. The van der Waals surface area contributed by atoms with Crippen molar-refractivity contribution in [3.63, 3.8) is 0 Å². The average molecular weight is 371 g/mol. The normalized spacial score (nSPS) is 10.6. The second-order valence-electron chi connectivity index (χ2n) is 6.23. The number of nitrogens with one attached hydrogen (secondary N) is 1. The molecule has 0 aliphatic rings. The molecule has 0 heterocycles. The molecule has 1 N–H and O–H groups in total. The Kier molecular flexibility index (Phi) is 6.37. The molecule has 1 amide bonds. The van der Waals surface area contributed by atoms with Gasteiger partial charge in [-0.2, -0.15) is 0 Å². The summed E-state index contributed by atoms with van der Waals surface area (Å²) in [4.78, 5) is 23.4. The molecule has 0 saturated carbocycles. The van der Waals surface area contributed by atoms with Crippen molar-refractivity contribution < 1.29 is 14.3 Å². The van der Waals surface area contributed by atoms with Crippen LogP contribution >= 0.6 is 0 Å². The summed E-state index contributed by atoms with van der Waals surface area (Å²) in [6.07, 6.45) is 3.30. The molecule has 0 atom stereocenters. The van der Waals surface area contributed by atoms with Gasteiger partial charge in [-0.1, -0.05) is 66.7 Å². The minimum atomic E-state index is -0.378. The zero-order valence-corrected chi connectivity index (χ0v) is 15.6. The van der Waals surface area contributed by atoms with E-state index in [-0.39, 0.29) is 11.9 Å². The van der Waals surface area contributed by atoms with Gasteiger partial charge >= 0.3 is 5.97 Å². The first-order valence-electron chi connectivity index (χ1n) is 8.94. The quantitative estimate of drug-likeness (QED) is 0.514. The second-order valence-corrected chi connectivity index (χ2v) is 6.23. The van der Waals surface area contributed by atoms with E-state index < -0.39 is 0 Å². The van der Waals surface area contributed by atoms with E-state index in [0.717, 1.165) is 22.3 Å². The molecule has 0 aromatic heterocycles. The minimum Gasteiger partial charge on any atom is -0.465 e. The molecule has 3 aromatic carbocycles. The fraction of sp³-hybridized carbons (Fsp3) is 0.0833. The largest absolute Gasteiger partial charge is 0.465 e.